The van der Waals surface area contributed by atoms with Gasteiger partial charge in [0, 0.05) is 19.1 Å². The first-order chi connectivity index (χ1) is 6.99. The normalized spacial score (nSPS) is 19.1. The lowest BCUT2D eigenvalue weighted by Crippen LogP contribution is -2.57. The number of nitrogens with one attached hydrogen (secondary N) is 1. The van der Waals surface area contributed by atoms with E-state index < -0.39 is 10.0 Å². The van der Waals surface area contributed by atoms with Crippen molar-refractivity contribution in [3.8, 4) is 0 Å². The second-order valence-corrected chi connectivity index (χ2v) is 5.47. The monoisotopic (exact) mass is 231 g/mol. The summed E-state index contributed by atoms with van der Waals surface area (Å²) >= 11 is 0. The third-order valence-corrected chi connectivity index (χ3v) is 4.00. The van der Waals surface area contributed by atoms with Crippen LogP contribution in [0.25, 0.3) is 0 Å². The topological polar surface area (TPSA) is 75.4 Å². The lowest BCUT2D eigenvalue weighted by atomic mass is 10.2. The highest BCUT2D eigenvalue weighted by Gasteiger charge is 2.30. The minimum atomic E-state index is -3.46. The zero-order valence-corrected chi connectivity index (χ0v) is 9.41. The molecule has 2 heterocycles. The van der Waals surface area contributed by atoms with Gasteiger partial charge in [-0.2, -0.15) is 0 Å². The van der Waals surface area contributed by atoms with Crippen molar-refractivity contribution in [1.82, 2.24) is 14.8 Å². The van der Waals surface area contributed by atoms with Gasteiger partial charge >= 0.3 is 0 Å². The zero-order valence-electron chi connectivity index (χ0n) is 8.60. The summed E-state index contributed by atoms with van der Waals surface area (Å²) < 4.78 is 30.9. The second kappa shape index (κ2) is 3.58. The molecule has 84 valence electrons. The Balaban J connectivity index is 2.11. The van der Waals surface area contributed by atoms with E-state index in [1.807, 2.05) is 11.9 Å². The Kier molecular flexibility index (Phi) is 2.53. The van der Waals surface area contributed by atoms with Crippen LogP contribution in [0.2, 0.25) is 0 Å². The van der Waals surface area contributed by atoms with Crippen LogP contribution in [0.4, 0.5) is 0 Å². The molecule has 0 radical (unpaired) electrons. The number of sulfonamides is 1. The molecule has 15 heavy (non-hydrogen) atoms. The van der Waals surface area contributed by atoms with Crippen molar-refractivity contribution in [3.63, 3.8) is 0 Å². The number of hydrogen-bond acceptors (Lipinski definition) is 5. The van der Waals surface area contributed by atoms with Crippen molar-refractivity contribution in [1.29, 1.82) is 0 Å². The molecule has 1 aromatic heterocycles. The highest BCUT2D eigenvalue weighted by molar-refractivity contribution is 7.89. The molecule has 0 aromatic carbocycles. The van der Waals surface area contributed by atoms with E-state index in [0.29, 0.717) is 5.76 Å². The van der Waals surface area contributed by atoms with Gasteiger partial charge in [-0.1, -0.05) is 5.16 Å². The summed E-state index contributed by atoms with van der Waals surface area (Å²) in [5.41, 5.74) is 0. The molecule has 7 heteroatoms. The van der Waals surface area contributed by atoms with Crippen LogP contribution < -0.4 is 4.72 Å². The summed E-state index contributed by atoms with van der Waals surface area (Å²) in [5.74, 6) is 0.315. The SMILES string of the molecule is Cc1oncc1S(=O)(=O)NC1CN(C)C1. The molecule has 0 saturated carbocycles. The maximum Gasteiger partial charge on any atom is 0.246 e. The van der Waals surface area contributed by atoms with Crippen molar-refractivity contribution in [3.05, 3.63) is 12.0 Å². The number of aromatic nitrogens is 1. The summed E-state index contributed by atoms with van der Waals surface area (Å²) in [6.45, 7) is 3.06. The zero-order chi connectivity index (χ0) is 11.1. The minimum Gasteiger partial charge on any atom is -0.360 e. The Hall–Kier alpha value is -0.920. The van der Waals surface area contributed by atoms with Gasteiger partial charge in [-0.05, 0) is 14.0 Å². The Morgan fingerprint density at radius 3 is 2.73 bits per heavy atom. The van der Waals surface area contributed by atoms with Gasteiger partial charge in [-0.3, -0.25) is 0 Å². The average Bonchev–Trinajstić information content (AvgIpc) is 2.48. The van der Waals surface area contributed by atoms with Gasteiger partial charge in [0.1, 0.15) is 4.90 Å². The summed E-state index contributed by atoms with van der Waals surface area (Å²) in [5, 5.41) is 3.45. The van der Waals surface area contributed by atoms with Gasteiger partial charge in [0.2, 0.25) is 10.0 Å². The number of hydrogen-bond donors (Lipinski definition) is 1. The second-order valence-electron chi connectivity index (χ2n) is 3.79. The molecule has 0 bridgehead atoms. The van der Waals surface area contributed by atoms with Crippen LogP contribution in [-0.2, 0) is 10.0 Å². The highest BCUT2D eigenvalue weighted by Crippen LogP contribution is 2.15. The van der Waals surface area contributed by atoms with Crippen LogP contribution in [0.1, 0.15) is 5.76 Å². The molecular formula is C8H13N3O3S. The first-order valence-corrected chi connectivity index (χ1v) is 6.09. The standard InChI is InChI=1S/C8H13N3O3S/c1-6-8(3-9-14-6)15(12,13)10-7-4-11(2)5-7/h3,7,10H,4-5H2,1-2H3. The first kappa shape index (κ1) is 10.6. The third kappa shape index (κ3) is 2.04. The maximum absolute atomic E-state index is 11.8. The number of rotatable bonds is 3. The van der Waals surface area contributed by atoms with Gasteiger partial charge in [-0.15, -0.1) is 0 Å². The van der Waals surface area contributed by atoms with E-state index in [9.17, 15) is 8.42 Å². The number of likely N-dealkylation sites (tertiary alicyclic amines) is 1. The quantitative estimate of drug-likeness (QED) is 0.764. The van der Waals surface area contributed by atoms with Gasteiger partial charge in [0.15, 0.2) is 5.76 Å². The van der Waals surface area contributed by atoms with Gasteiger partial charge in [0.05, 0.1) is 6.20 Å². The smallest absolute Gasteiger partial charge is 0.246 e. The Morgan fingerprint density at radius 1 is 1.60 bits per heavy atom. The van der Waals surface area contributed by atoms with Crippen molar-refractivity contribution in [2.45, 2.75) is 17.9 Å². The molecule has 0 spiro atoms. The molecule has 0 amide bonds. The van der Waals surface area contributed by atoms with E-state index >= 15 is 0 Å². The van der Waals surface area contributed by atoms with Crippen molar-refractivity contribution < 1.29 is 12.9 Å². The average molecular weight is 231 g/mol. The van der Waals surface area contributed by atoms with Crippen LogP contribution >= 0.6 is 0 Å². The van der Waals surface area contributed by atoms with Crippen molar-refractivity contribution in [2.75, 3.05) is 20.1 Å². The molecule has 0 unspecified atom stereocenters. The molecule has 1 fully saturated rings. The van der Waals surface area contributed by atoms with Crippen LogP contribution in [0.5, 0.6) is 0 Å². The maximum atomic E-state index is 11.8. The van der Waals surface area contributed by atoms with E-state index in [1.165, 1.54) is 6.20 Å². The van der Waals surface area contributed by atoms with Gasteiger partial charge < -0.3 is 9.42 Å². The third-order valence-electron chi connectivity index (χ3n) is 2.38. The van der Waals surface area contributed by atoms with E-state index in [0.717, 1.165) is 13.1 Å². The molecule has 2 rings (SSSR count). The molecule has 1 aromatic rings. The summed E-state index contributed by atoms with van der Waals surface area (Å²) in [6.07, 6.45) is 1.22. The highest BCUT2D eigenvalue weighted by atomic mass is 32.2. The van der Waals surface area contributed by atoms with Gasteiger partial charge in [-0.25, -0.2) is 13.1 Å². The van der Waals surface area contributed by atoms with Crippen LogP contribution in [0, 0.1) is 6.92 Å². The molecule has 0 aliphatic carbocycles. The van der Waals surface area contributed by atoms with E-state index in [4.69, 9.17) is 4.52 Å². The summed E-state index contributed by atoms with van der Waals surface area (Å²) in [4.78, 5) is 2.16. The lowest BCUT2D eigenvalue weighted by Gasteiger charge is -2.36. The summed E-state index contributed by atoms with van der Waals surface area (Å²) in [6, 6.07) is -0.00528. The fourth-order valence-corrected chi connectivity index (χ4v) is 2.92. The van der Waals surface area contributed by atoms with Crippen molar-refractivity contribution in [2.24, 2.45) is 0 Å². The Morgan fingerprint density at radius 2 is 2.27 bits per heavy atom. The molecule has 1 saturated heterocycles. The number of likely N-dealkylation sites (N-methyl/N-ethyl adjacent to an activating group) is 1. The van der Waals surface area contributed by atoms with Crippen molar-refractivity contribution >= 4 is 10.0 Å². The van der Waals surface area contributed by atoms with E-state index in [1.54, 1.807) is 6.92 Å². The number of aryl methyl sites for hydroxylation is 1. The first-order valence-electron chi connectivity index (χ1n) is 4.61. The van der Waals surface area contributed by atoms with Gasteiger partial charge in [0.25, 0.3) is 0 Å². The van der Waals surface area contributed by atoms with Crippen LogP contribution in [-0.4, -0.2) is 44.7 Å². The molecule has 0 atom stereocenters. The lowest BCUT2D eigenvalue weighted by molar-refractivity contribution is 0.180. The Labute approximate surface area is 88.3 Å². The predicted molar refractivity (Wildman–Crippen MR) is 52.8 cm³/mol. The molecule has 6 nitrogen and oxygen atoms in total. The van der Waals surface area contributed by atoms with Crippen LogP contribution in [0.15, 0.2) is 15.6 Å². The molecular weight excluding hydrogens is 218 g/mol. The Bertz CT molecular complexity index is 447. The summed E-state index contributed by atoms with van der Waals surface area (Å²) in [7, 11) is -1.52. The van der Waals surface area contributed by atoms with Crippen LogP contribution in [0.3, 0.4) is 0 Å². The minimum absolute atomic E-state index is 0.00528. The molecule has 1 N–H and O–H groups in total. The van der Waals surface area contributed by atoms with E-state index in [2.05, 4.69) is 9.88 Å². The molecule has 1 aliphatic heterocycles. The largest absolute Gasteiger partial charge is 0.360 e. The molecule has 1 aliphatic rings. The predicted octanol–water partition coefficient (Wildman–Crippen LogP) is -0.425. The fourth-order valence-electron chi connectivity index (χ4n) is 1.60. The fraction of sp³-hybridized carbons (Fsp3) is 0.625. The number of nitrogens with zero attached hydrogens (tertiary/aromatic N) is 2. The van der Waals surface area contributed by atoms with E-state index in [-0.39, 0.29) is 10.9 Å².